The average molecular weight is 363 g/mol. The minimum atomic E-state index is -0.472. The molecule has 7 nitrogen and oxygen atoms in total. The molecule has 3 rings (SSSR count). The van der Waals surface area contributed by atoms with Crippen molar-refractivity contribution in [2.24, 2.45) is 5.10 Å². The topological polar surface area (TPSA) is 92.9 Å². The molecular weight excluding hydrogens is 346 g/mol. The summed E-state index contributed by atoms with van der Waals surface area (Å²) < 4.78 is 10.5. The van der Waals surface area contributed by atoms with Crippen LogP contribution in [0.4, 0.5) is 10.5 Å². The van der Waals surface area contributed by atoms with Gasteiger partial charge in [0.15, 0.2) is 0 Å². The van der Waals surface area contributed by atoms with Gasteiger partial charge >= 0.3 is 12.0 Å². The molecule has 2 aromatic carbocycles. The SMILES string of the molecule is COC(=O)c1ccccc1-c1ccc(/C=N\NC(=O)Nc2ccccc2)o1. The number of methoxy groups -OCH3 is 1. The van der Waals surface area contributed by atoms with E-state index in [1.165, 1.54) is 13.3 Å². The Hall–Kier alpha value is -3.87. The highest BCUT2D eigenvalue weighted by molar-refractivity contribution is 5.96. The van der Waals surface area contributed by atoms with Crippen LogP contribution in [0.1, 0.15) is 16.1 Å². The number of esters is 1. The van der Waals surface area contributed by atoms with Gasteiger partial charge in [0.25, 0.3) is 0 Å². The Morgan fingerprint density at radius 2 is 1.74 bits per heavy atom. The van der Waals surface area contributed by atoms with E-state index in [0.29, 0.717) is 28.3 Å². The molecule has 0 saturated carbocycles. The highest BCUT2D eigenvalue weighted by atomic mass is 16.5. The molecule has 1 heterocycles. The zero-order valence-electron chi connectivity index (χ0n) is 14.5. The van der Waals surface area contributed by atoms with E-state index < -0.39 is 12.0 Å². The highest BCUT2D eigenvalue weighted by Gasteiger charge is 2.15. The first-order valence-electron chi connectivity index (χ1n) is 8.10. The summed E-state index contributed by atoms with van der Waals surface area (Å²) in [6.45, 7) is 0. The van der Waals surface area contributed by atoms with Crippen LogP contribution in [0.25, 0.3) is 11.3 Å². The van der Waals surface area contributed by atoms with E-state index in [9.17, 15) is 9.59 Å². The maximum absolute atomic E-state index is 11.9. The predicted molar refractivity (Wildman–Crippen MR) is 102 cm³/mol. The second-order valence-corrected chi connectivity index (χ2v) is 5.43. The van der Waals surface area contributed by atoms with Gasteiger partial charge in [0.2, 0.25) is 0 Å². The molecule has 0 fully saturated rings. The van der Waals surface area contributed by atoms with Crippen LogP contribution in [0.2, 0.25) is 0 Å². The van der Waals surface area contributed by atoms with E-state index in [2.05, 4.69) is 15.8 Å². The molecule has 0 aliphatic heterocycles. The van der Waals surface area contributed by atoms with Crippen LogP contribution in [-0.4, -0.2) is 25.3 Å². The Bertz CT molecular complexity index is 964. The van der Waals surface area contributed by atoms with Crippen molar-refractivity contribution < 1.29 is 18.7 Å². The summed E-state index contributed by atoms with van der Waals surface area (Å²) >= 11 is 0. The first kappa shape index (κ1) is 17.9. The molecule has 0 radical (unpaired) electrons. The fourth-order valence-electron chi connectivity index (χ4n) is 2.39. The second-order valence-electron chi connectivity index (χ2n) is 5.43. The summed E-state index contributed by atoms with van der Waals surface area (Å²) in [7, 11) is 1.32. The molecule has 2 N–H and O–H groups in total. The minimum absolute atomic E-state index is 0.401. The average Bonchev–Trinajstić information content (AvgIpc) is 3.17. The van der Waals surface area contributed by atoms with E-state index in [0.717, 1.165) is 0 Å². The smallest absolute Gasteiger partial charge is 0.339 e. The summed E-state index contributed by atoms with van der Waals surface area (Å²) in [4.78, 5) is 23.6. The summed E-state index contributed by atoms with van der Waals surface area (Å²) in [6.07, 6.45) is 1.37. The van der Waals surface area contributed by atoms with Gasteiger partial charge in [-0.05, 0) is 30.3 Å². The van der Waals surface area contributed by atoms with Crippen molar-refractivity contribution in [3.05, 3.63) is 78.1 Å². The Kier molecular flexibility index (Phi) is 5.64. The maximum Gasteiger partial charge on any atom is 0.339 e. The summed E-state index contributed by atoms with van der Waals surface area (Å²) in [5.74, 6) is 0.465. The molecule has 0 unspecified atom stereocenters. The van der Waals surface area contributed by atoms with E-state index in [4.69, 9.17) is 9.15 Å². The summed E-state index contributed by atoms with van der Waals surface area (Å²) in [5.41, 5.74) is 4.02. The number of rotatable bonds is 5. The number of hydrazone groups is 1. The molecule has 0 bridgehead atoms. The van der Waals surface area contributed by atoms with Gasteiger partial charge in [-0.1, -0.05) is 36.4 Å². The van der Waals surface area contributed by atoms with Gasteiger partial charge in [-0.25, -0.2) is 15.0 Å². The zero-order valence-corrected chi connectivity index (χ0v) is 14.5. The third-order valence-electron chi connectivity index (χ3n) is 3.61. The number of benzene rings is 2. The van der Waals surface area contributed by atoms with E-state index >= 15 is 0 Å². The normalized spacial score (nSPS) is 10.6. The molecule has 7 heteroatoms. The van der Waals surface area contributed by atoms with Crippen molar-refractivity contribution in [2.45, 2.75) is 0 Å². The van der Waals surface area contributed by atoms with Crippen LogP contribution in [0.5, 0.6) is 0 Å². The molecule has 0 saturated heterocycles. The number of nitrogens with one attached hydrogen (secondary N) is 2. The lowest BCUT2D eigenvalue weighted by Crippen LogP contribution is -2.24. The minimum Gasteiger partial charge on any atom is -0.465 e. The Balaban J connectivity index is 1.65. The lowest BCUT2D eigenvalue weighted by atomic mass is 10.1. The van der Waals surface area contributed by atoms with Gasteiger partial charge in [-0.2, -0.15) is 5.10 Å². The maximum atomic E-state index is 11.9. The molecular formula is C20H17N3O4. The molecule has 0 aliphatic rings. The number of hydrogen-bond donors (Lipinski definition) is 2. The zero-order chi connectivity index (χ0) is 19.1. The molecule has 3 aromatic rings. The van der Waals surface area contributed by atoms with Crippen molar-refractivity contribution in [3.8, 4) is 11.3 Å². The molecule has 0 spiro atoms. The van der Waals surface area contributed by atoms with Gasteiger partial charge in [-0.15, -0.1) is 0 Å². The fraction of sp³-hybridized carbons (Fsp3) is 0.0500. The number of nitrogens with zero attached hydrogens (tertiary/aromatic N) is 1. The number of carbonyl (C=O) groups is 2. The summed E-state index contributed by atoms with van der Waals surface area (Å²) in [5, 5.41) is 6.49. The largest absolute Gasteiger partial charge is 0.465 e. The third-order valence-corrected chi connectivity index (χ3v) is 3.61. The number of hydrogen-bond acceptors (Lipinski definition) is 5. The number of carbonyl (C=O) groups excluding carboxylic acids is 2. The van der Waals surface area contributed by atoms with Gasteiger partial charge in [-0.3, -0.25) is 0 Å². The van der Waals surface area contributed by atoms with Gasteiger partial charge in [0, 0.05) is 11.3 Å². The Morgan fingerprint density at radius 1 is 1.00 bits per heavy atom. The second kappa shape index (κ2) is 8.48. The third kappa shape index (κ3) is 4.60. The quantitative estimate of drug-likeness (QED) is 0.409. The van der Waals surface area contributed by atoms with Crippen LogP contribution < -0.4 is 10.7 Å². The van der Waals surface area contributed by atoms with Crippen LogP contribution in [0, 0.1) is 0 Å². The van der Waals surface area contributed by atoms with Crippen molar-refractivity contribution in [1.29, 1.82) is 0 Å². The Morgan fingerprint density at radius 3 is 2.52 bits per heavy atom. The van der Waals surface area contributed by atoms with Gasteiger partial charge in [0.05, 0.1) is 18.9 Å². The molecule has 0 aliphatic carbocycles. The highest BCUT2D eigenvalue weighted by Crippen LogP contribution is 2.25. The number of ether oxygens (including phenoxy) is 1. The van der Waals surface area contributed by atoms with E-state index in [1.54, 1.807) is 48.5 Å². The first-order valence-corrected chi connectivity index (χ1v) is 8.10. The number of para-hydroxylation sites is 1. The van der Waals surface area contributed by atoms with Crippen molar-refractivity contribution in [2.75, 3.05) is 12.4 Å². The Labute approximate surface area is 155 Å². The van der Waals surface area contributed by atoms with Crippen LogP contribution in [0.3, 0.4) is 0 Å². The lowest BCUT2D eigenvalue weighted by Gasteiger charge is -2.04. The standard InChI is InChI=1S/C20H17N3O4/c1-26-19(24)17-10-6-5-9-16(17)18-12-11-15(27-18)13-21-23-20(25)22-14-7-3-2-4-8-14/h2-13H,1H3,(H2,22,23,25)/b21-13-. The van der Waals surface area contributed by atoms with Crippen molar-refractivity contribution in [3.63, 3.8) is 0 Å². The molecule has 27 heavy (non-hydrogen) atoms. The van der Waals surface area contributed by atoms with Crippen LogP contribution in [0.15, 0.2) is 76.2 Å². The number of anilines is 1. The van der Waals surface area contributed by atoms with Crippen LogP contribution in [-0.2, 0) is 4.74 Å². The lowest BCUT2D eigenvalue weighted by molar-refractivity contribution is 0.0601. The van der Waals surface area contributed by atoms with Crippen LogP contribution >= 0.6 is 0 Å². The first-order chi connectivity index (χ1) is 13.2. The molecule has 0 atom stereocenters. The number of amides is 2. The van der Waals surface area contributed by atoms with Gasteiger partial charge in [0.1, 0.15) is 11.5 Å². The van der Waals surface area contributed by atoms with E-state index in [-0.39, 0.29) is 0 Å². The van der Waals surface area contributed by atoms with Crippen molar-refractivity contribution >= 4 is 23.9 Å². The van der Waals surface area contributed by atoms with Crippen molar-refractivity contribution in [1.82, 2.24) is 5.43 Å². The number of furan rings is 1. The molecule has 136 valence electrons. The summed E-state index contributed by atoms with van der Waals surface area (Å²) in [6, 6.07) is 18.9. The molecule has 1 aromatic heterocycles. The van der Waals surface area contributed by atoms with E-state index in [1.807, 2.05) is 18.2 Å². The van der Waals surface area contributed by atoms with Gasteiger partial charge < -0.3 is 14.5 Å². The molecule has 2 amide bonds. The fourth-order valence-corrected chi connectivity index (χ4v) is 2.39. The monoisotopic (exact) mass is 363 g/mol. The number of urea groups is 1. The predicted octanol–water partition coefficient (Wildman–Crippen LogP) is 3.89.